The number of carbonyl (C=O) groups is 3. The fourth-order valence-corrected chi connectivity index (χ4v) is 10.2. The van der Waals surface area contributed by atoms with Crippen LogP contribution in [0.2, 0.25) is 0 Å². The Labute approximate surface area is 530 Å². The first-order valence-electron chi connectivity index (χ1n) is 27.6. The number of esters is 3. The fraction of sp³-hybridized carbons (Fsp3) is 0.136. The number of ether oxygens (including phenoxy) is 3. The summed E-state index contributed by atoms with van der Waals surface area (Å²) < 4.78 is 90.4. The van der Waals surface area contributed by atoms with E-state index in [0.717, 1.165) is 49.0 Å². The highest BCUT2D eigenvalue weighted by molar-refractivity contribution is 7.48. The van der Waals surface area contributed by atoms with Crippen molar-refractivity contribution in [1.29, 1.82) is 0 Å². The van der Waals surface area contributed by atoms with E-state index in [1.165, 1.54) is 42.5 Å². The lowest BCUT2D eigenvalue weighted by Gasteiger charge is -2.14. The van der Waals surface area contributed by atoms with Crippen LogP contribution in [0.5, 0.6) is 34.5 Å². The molecule has 0 radical (unpaired) electrons. The van der Waals surface area contributed by atoms with Crippen molar-refractivity contribution < 1.29 is 103 Å². The highest BCUT2D eigenvalue weighted by atomic mass is 31.2. The molecule has 0 bridgehead atoms. The van der Waals surface area contributed by atoms with Crippen molar-refractivity contribution >= 4 is 81.5 Å². The first kappa shape index (κ1) is 71.9. The number of hydrogen-bond acceptors (Lipinski definition) is 16. The smallest absolute Gasteiger partial charge is 0.462 e. The summed E-state index contributed by atoms with van der Waals surface area (Å²) in [6.45, 7) is 15.8. The van der Waals surface area contributed by atoms with E-state index >= 15 is 0 Å². The van der Waals surface area contributed by atoms with Crippen molar-refractivity contribution in [2.75, 3.05) is 19.8 Å². The van der Waals surface area contributed by atoms with E-state index in [-0.39, 0.29) is 54.3 Å². The normalized spacial score (nSPS) is 11.1. The lowest BCUT2D eigenvalue weighted by atomic mass is 10.1. The van der Waals surface area contributed by atoms with Gasteiger partial charge in [0.2, 0.25) is 0 Å². The van der Waals surface area contributed by atoms with Crippen LogP contribution in [0.4, 0.5) is 0 Å². The Morgan fingerprint density at radius 3 is 0.793 bits per heavy atom. The van der Waals surface area contributed by atoms with Gasteiger partial charge in [0.1, 0.15) is 34.5 Å². The second-order valence-corrected chi connectivity index (χ2v) is 24.9. The van der Waals surface area contributed by atoms with E-state index < -0.39 is 49.2 Å². The molecule has 0 atom stereocenters. The van der Waals surface area contributed by atoms with Crippen molar-refractivity contribution in [1.82, 2.24) is 0 Å². The van der Waals surface area contributed by atoms with Crippen LogP contribution in [-0.4, -0.2) is 67.1 Å². The predicted octanol–water partition coefficient (Wildman–Crippen LogP) is 14.3. The summed E-state index contributed by atoms with van der Waals surface area (Å²) in [5, 5.41) is 5.77. The largest absolute Gasteiger partial charge is 0.584 e. The molecule has 92 heavy (non-hydrogen) atoms. The van der Waals surface area contributed by atoms with Crippen molar-refractivity contribution in [2.45, 2.75) is 40.0 Å². The summed E-state index contributed by atoms with van der Waals surface area (Å²) in [6.07, 6.45) is 1.45. The molecule has 0 spiro atoms. The molecule has 0 aromatic heterocycles. The predicted molar refractivity (Wildman–Crippen MR) is 347 cm³/mol. The molecule has 0 saturated heterocycles. The lowest BCUT2D eigenvalue weighted by Crippen LogP contribution is -2.08. The third-order valence-corrected chi connectivity index (χ3v) is 14.8. The molecular weight excluding hydrogens is 1270 g/mol. The average molecular weight is 1340 g/mol. The summed E-state index contributed by atoms with van der Waals surface area (Å²) in [5.74, 6) is -0.228. The zero-order chi connectivity index (χ0) is 67.1. The van der Waals surface area contributed by atoms with Gasteiger partial charge in [-0.3, -0.25) is 29.4 Å². The van der Waals surface area contributed by atoms with Crippen LogP contribution in [0.25, 0.3) is 32.3 Å². The van der Waals surface area contributed by atoms with E-state index in [1.807, 2.05) is 84.9 Å². The van der Waals surface area contributed by atoms with Crippen LogP contribution in [0.3, 0.4) is 0 Å². The van der Waals surface area contributed by atoms with Gasteiger partial charge in [-0.15, -0.1) is 0 Å². The number of rotatable bonds is 24. The number of phosphoric ester groups is 4. The van der Waals surface area contributed by atoms with Crippen molar-refractivity contribution in [3.63, 3.8) is 0 Å². The van der Waals surface area contributed by atoms with Crippen LogP contribution < -0.4 is 27.1 Å². The summed E-state index contributed by atoms with van der Waals surface area (Å²) >= 11 is 0. The third kappa shape index (κ3) is 26.0. The minimum Gasteiger partial charge on any atom is -0.462 e. The summed E-state index contributed by atoms with van der Waals surface area (Å²) in [5.41, 5.74) is 3.57. The van der Waals surface area contributed by atoms with Gasteiger partial charge in [-0.2, -0.15) is 0 Å². The number of benzene rings is 9. The second-order valence-electron chi connectivity index (χ2n) is 19.9. The highest BCUT2D eigenvalue weighted by Crippen LogP contribution is 2.46. The molecule has 0 aliphatic heterocycles. The number of phosphoric acid groups is 4. The van der Waals surface area contributed by atoms with E-state index in [4.69, 9.17) is 51.9 Å². The summed E-state index contributed by atoms with van der Waals surface area (Å²) in [7, 11) is -17.7. The highest BCUT2D eigenvalue weighted by Gasteiger charge is 2.27. The molecule has 26 heteroatoms. The Morgan fingerprint density at radius 1 is 0.315 bits per heavy atom. The minimum atomic E-state index is -4.53. The standard InChI is InChI=1S/C24H27O8P.C20H15O4P.C12H15O6P.C10H9O4P/c1-17(2)23(25)29-15-13-19-5-9-21(10-6-19)31-33(27,28)32-22-11-7-20(8-12-22)14-16-30-24(26)18(3)4;21-25(22,23-19-11-9-15-5-1-3-7-17(15)13-19)24-20-12-10-16-6-2-4-8-18(16)14-20;1-9(2)12(13)17-8-7-10-3-5-11(6-4-10)18-19(14,15)16;11-15(12,13)14-10-6-5-8-3-1-2-4-9(8)7-10/h5-12H,1,3,13-16H2,2,4H3,(H,27,28);1-14H,(H,21,22);3-6H,1,7-8H2,2H3,(H2,14,15,16);1-7H,(H2,11,12,13). The monoisotopic (exact) mass is 1330 g/mol. The van der Waals surface area contributed by atoms with Gasteiger partial charge < -0.3 is 41.4 Å². The van der Waals surface area contributed by atoms with E-state index in [9.17, 15) is 42.4 Å². The molecule has 0 fully saturated rings. The summed E-state index contributed by atoms with van der Waals surface area (Å²) in [6, 6.07) is 57.2. The first-order chi connectivity index (χ1) is 43.5. The SMILES string of the molecule is C=C(C)C(=O)OCCc1ccc(OP(=O)(O)O)cc1.C=C(C)C(=O)OCCc1ccc(OP(=O)(O)Oc2ccc(CCOC(=O)C(=C)C)cc2)cc1.O=P(O)(O)Oc1ccc2ccccc2c1.O=P(O)(Oc1ccc2ccccc2c1)Oc1ccc2ccccc2c1. The maximum absolute atomic E-state index is 12.3. The Bertz CT molecular complexity index is 4070. The van der Waals surface area contributed by atoms with E-state index in [0.29, 0.717) is 36.0 Å². The maximum atomic E-state index is 12.3. The Kier molecular flexibility index (Phi) is 26.4. The molecule has 0 unspecified atom stereocenters. The van der Waals surface area contributed by atoms with Gasteiger partial charge in [0.25, 0.3) is 0 Å². The molecule has 9 rings (SSSR count). The number of fused-ring (bicyclic) bond motifs is 3. The Balaban J connectivity index is 0.000000203. The van der Waals surface area contributed by atoms with Gasteiger partial charge in [0, 0.05) is 36.0 Å². The molecule has 0 aliphatic carbocycles. The van der Waals surface area contributed by atoms with Gasteiger partial charge in [0.15, 0.2) is 0 Å². The maximum Gasteiger partial charge on any atom is 0.584 e. The van der Waals surface area contributed by atoms with Crippen molar-refractivity contribution in [3.8, 4) is 34.5 Å². The molecule has 9 aromatic rings. The quantitative estimate of drug-likeness (QED) is 0.0142. The minimum absolute atomic E-state index is 0.0796. The van der Waals surface area contributed by atoms with Crippen LogP contribution in [0.1, 0.15) is 37.5 Å². The van der Waals surface area contributed by atoms with E-state index in [1.54, 1.807) is 93.6 Å². The van der Waals surface area contributed by atoms with Crippen LogP contribution in [0, 0.1) is 0 Å². The summed E-state index contributed by atoms with van der Waals surface area (Å²) in [4.78, 5) is 88.5. The third-order valence-electron chi connectivity index (χ3n) is 12.2. The van der Waals surface area contributed by atoms with Crippen molar-refractivity contribution in [2.24, 2.45) is 0 Å². The molecule has 0 aliphatic rings. The second kappa shape index (κ2) is 33.8. The molecule has 9 aromatic carbocycles. The molecule has 0 amide bonds. The fourth-order valence-electron chi connectivity index (χ4n) is 7.82. The van der Waals surface area contributed by atoms with Gasteiger partial charge in [-0.05, 0) is 143 Å². The zero-order valence-electron chi connectivity index (χ0n) is 49.9. The van der Waals surface area contributed by atoms with E-state index in [2.05, 4.69) is 28.8 Å². The molecule has 0 saturated carbocycles. The van der Waals surface area contributed by atoms with Gasteiger partial charge >= 0.3 is 49.2 Å². The topological polar surface area (TPSA) is 324 Å². The zero-order valence-corrected chi connectivity index (χ0v) is 53.5. The number of hydrogen-bond donors (Lipinski definition) is 6. The molecule has 6 N–H and O–H groups in total. The van der Waals surface area contributed by atoms with Gasteiger partial charge in [-0.25, -0.2) is 32.6 Å². The first-order valence-corrected chi connectivity index (χ1v) is 33.7. The van der Waals surface area contributed by atoms with Crippen LogP contribution in [-0.2, 0) is 66.1 Å². The van der Waals surface area contributed by atoms with Crippen LogP contribution in [0.15, 0.2) is 237 Å². The number of carbonyl (C=O) groups excluding carboxylic acids is 3. The Hall–Kier alpha value is -9.13. The van der Waals surface area contributed by atoms with Crippen LogP contribution >= 0.6 is 31.3 Å². The lowest BCUT2D eigenvalue weighted by molar-refractivity contribution is -0.139. The molecule has 0 heterocycles. The van der Waals surface area contributed by atoms with Crippen molar-refractivity contribution in [3.05, 3.63) is 253 Å². The molecule has 482 valence electrons. The van der Waals surface area contributed by atoms with Gasteiger partial charge in [0.05, 0.1) is 19.8 Å². The average Bonchev–Trinajstić information content (AvgIpc) is 1.31. The van der Waals surface area contributed by atoms with Gasteiger partial charge in [-0.1, -0.05) is 147 Å². The Morgan fingerprint density at radius 2 is 0.533 bits per heavy atom. The molecular formula is C66H66O22P4. The molecule has 22 nitrogen and oxygen atoms in total.